The van der Waals surface area contributed by atoms with Crippen LogP contribution in [0.4, 0.5) is 0 Å². The largest absolute Gasteiger partial charge is 0.470 e. The highest BCUT2D eigenvalue weighted by molar-refractivity contribution is 7.46. The Balaban J connectivity index is 2.95. The predicted molar refractivity (Wildman–Crippen MR) is 86.0 cm³/mol. The molecule has 0 heterocycles. The molecular formula is C16H33O4P. The third-order valence-electron chi connectivity index (χ3n) is 5.24. The van der Waals surface area contributed by atoms with Gasteiger partial charge in [-0.2, -0.15) is 0 Å². The van der Waals surface area contributed by atoms with Crippen molar-refractivity contribution in [3.8, 4) is 0 Å². The summed E-state index contributed by atoms with van der Waals surface area (Å²) in [6, 6.07) is 0. The van der Waals surface area contributed by atoms with Gasteiger partial charge in [-0.05, 0) is 37.0 Å². The van der Waals surface area contributed by atoms with Gasteiger partial charge in [0, 0.05) is 0 Å². The molecule has 1 aliphatic carbocycles. The Morgan fingerprint density at radius 2 is 1.90 bits per heavy atom. The number of rotatable bonds is 8. The second-order valence-electron chi connectivity index (χ2n) is 7.24. The topological polar surface area (TPSA) is 66.8 Å². The van der Waals surface area contributed by atoms with E-state index in [0.717, 1.165) is 32.1 Å². The first-order valence-corrected chi connectivity index (χ1v) is 9.96. The van der Waals surface area contributed by atoms with Crippen LogP contribution in [0.5, 0.6) is 0 Å². The second kappa shape index (κ2) is 7.59. The van der Waals surface area contributed by atoms with Gasteiger partial charge >= 0.3 is 7.82 Å². The molecule has 0 amide bonds. The minimum absolute atomic E-state index is 0.0563. The summed E-state index contributed by atoms with van der Waals surface area (Å²) in [5.41, 5.74) is -0.603. The molecule has 2 atom stereocenters. The van der Waals surface area contributed by atoms with E-state index in [9.17, 15) is 14.4 Å². The van der Waals surface area contributed by atoms with Crippen molar-refractivity contribution < 1.29 is 18.9 Å². The molecule has 0 bridgehead atoms. The lowest BCUT2D eigenvalue weighted by molar-refractivity contribution is -0.0923. The molecule has 0 radical (unpaired) electrons. The molecule has 4 nitrogen and oxygen atoms in total. The molecule has 21 heavy (non-hydrogen) atoms. The van der Waals surface area contributed by atoms with E-state index >= 15 is 0 Å². The molecule has 0 aliphatic heterocycles. The van der Waals surface area contributed by atoms with Crippen LogP contribution in [-0.4, -0.2) is 15.4 Å². The van der Waals surface area contributed by atoms with E-state index < -0.39 is 13.4 Å². The van der Waals surface area contributed by atoms with Crippen molar-refractivity contribution >= 4 is 7.82 Å². The van der Waals surface area contributed by atoms with Crippen molar-refractivity contribution in [3.63, 3.8) is 0 Å². The third-order valence-corrected chi connectivity index (χ3v) is 5.85. The number of unbranched alkanes of at least 4 members (excludes halogenated alkanes) is 2. The highest BCUT2D eigenvalue weighted by atomic mass is 31.2. The summed E-state index contributed by atoms with van der Waals surface area (Å²) < 4.78 is 16.9. The van der Waals surface area contributed by atoms with Crippen LogP contribution in [0.15, 0.2) is 0 Å². The SMILES string of the molecule is CCCCCC(C)(C)C1CCCCC1(CC)OP(=O)(O)O. The van der Waals surface area contributed by atoms with Crippen LogP contribution in [0.25, 0.3) is 0 Å². The molecule has 0 spiro atoms. The van der Waals surface area contributed by atoms with Crippen LogP contribution in [0.2, 0.25) is 0 Å². The molecule has 0 aromatic carbocycles. The van der Waals surface area contributed by atoms with Crippen LogP contribution in [0, 0.1) is 11.3 Å². The van der Waals surface area contributed by atoms with Crippen molar-refractivity contribution in [2.45, 2.75) is 91.1 Å². The molecule has 0 aromatic heterocycles. The minimum atomic E-state index is -4.45. The zero-order valence-corrected chi connectivity index (χ0v) is 15.0. The van der Waals surface area contributed by atoms with Gasteiger partial charge in [-0.25, -0.2) is 4.57 Å². The average molecular weight is 320 g/mol. The molecule has 2 unspecified atom stereocenters. The Bertz CT molecular complexity index is 363. The molecule has 5 heteroatoms. The van der Waals surface area contributed by atoms with E-state index in [2.05, 4.69) is 20.8 Å². The van der Waals surface area contributed by atoms with Crippen molar-refractivity contribution in [2.75, 3.05) is 0 Å². The molecule has 126 valence electrons. The van der Waals surface area contributed by atoms with Crippen LogP contribution in [-0.2, 0) is 9.09 Å². The quantitative estimate of drug-likeness (QED) is 0.485. The monoisotopic (exact) mass is 320 g/mol. The number of phosphoric ester groups is 1. The summed E-state index contributed by atoms with van der Waals surface area (Å²) in [7, 11) is -4.45. The fourth-order valence-electron chi connectivity index (χ4n) is 4.15. The Morgan fingerprint density at radius 3 is 2.43 bits per heavy atom. The maximum Gasteiger partial charge on any atom is 0.470 e. The number of phosphoric acid groups is 1. The zero-order chi connectivity index (χ0) is 16.1. The standard InChI is InChI=1S/C16H33O4P/c1-5-7-9-12-15(3,4)14-11-8-10-13-16(14,6-2)20-21(17,18)19/h14H,5-13H2,1-4H3,(H2,17,18,19). The highest BCUT2D eigenvalue weighted by Gasteiger charge is 2.50. The minimum Gasteiger partial charge on any atom is -0.303 e. The fraction of sp³-hybridized carbons (Fsp3) is 1.00. The Labute approximate surface area is 129 Å². The maximum absolute atomic E-state index is 11.5. The van der Waals surface area contributed by atoms with Crippen LogP contribution in [0.3, 0.4) is 0 Å². The van der Waals surface area contributed by atoms with Crippen molar-refractivity contribution in [1.29, 1.82) is 0 Å². The fourth-order valence-corrected chi connectivity index (χ4v) is 4.97. The van der Waals surface area contributed by atoms with Gasteiger partial charge in [0.15, 0.2) is 0 Å². The van der Waals surface area contributed by atoms with E-state index in [1.54, 1.807) is 0 Å². The van der Waals surface area contributed by atoms with Gasteiger partial charge in [0.05, 0.1) is 5.60 Å². The lowest BCUT2D eigenvalue weighted by Gasteiger charge is -2.50. The van der Waals surface area contributed by atoms with E-state index in [1.807, 2.05) is 6.92 Å². The van der Waals surface area contributed by atoms with Gasteiger partial charge in [0.2, 0.25) is 0 Å². The summed E-state index contributed by atoms with van der Waals surface area (Å²) in [5, 5.41) is 0. The summed E-state index contributed by atoms with van der Waals surface area (Å²) >= 11 is 0. The smallest absolute Gasteiger partial charge is 0.303 e. The first-order valence-electron chi connectivity index (χ1n) is 8.43. The zero-order valence-electron chi connectivity index (χ0n) is 14.1. The molecule has 0 saturated heterocycles. The summed E-state index contributed by atoms with van der Waals surface area (Å²) in [5.74, 6) is 0.216. The lowest BCUT2D eigenvalue weighted by atomic mass is 9.60. The van der Waals surface area contributed by atoms with Gasteiger partial charge in [0.25, 0.3) is 0 Å². The Kier molecular flexibility index (Phi) is 6.92. The van der Waals surface area contributed by atoms with Gasteiger partial charge in [-0.1, -0.05) is 59.8 Å². The van der Waals surface area contributed by atoms with E-state index in [4.69, 9.17) is 4.52 Å². The Morgan fingerprint density at radius 1 is 1.24 bits per heavy atom. The first-order chi connectivity index (χ1) is 9.67. The van der Waals surface area contributed by atoms with Gasteiger partial charge in [-0.15, -0.1) is 0 Å². The van der Waals surface area contributed by atoms with Gasteiger partial charge in [0.1, 0.15) is 0 Å². The van der Waals surface area contributed by atoms with Crippen LogP contribution in [0.1, 0.15) is 85.5 Å². The summed E-state index contributed by atoms with van der Waals surface area (Å²) in [6.07, 6.45) is 9.24. The summed E-state index contributed by atoms with van der Waals surface area (Å²) in [4.78, 5) is 18.7. The van der Waals surface area contributed by atoms with Gasteiger partial charge in [-0.3, -0.25) is 4.52 Å². The highest BCUT2D eigenvalue weighted by Crippen LogP contribution is 2.56. The average Bonchev–Trinajstić information content (AvgIpc) is 2.37. The molecule has 1 rings (SSSR count). The molecule has 1 fully saturated rings. The van der Waals surface area contributed by atoms with Gasteiger partial charge < -0.3 is 9.79 Å². The van der Waals surface area contributed by atoms with Crippen molar-refractivity contribution in [3.05, 3.63) is 0 Å². The maximum atomic E-state index is 11.5. The third kappa shape index (κ3) is 5.35. The van der Waals surface area contributed by atoms with Crippen molar-refractivity contribution in [1.82, 2.24) is 0 Å². The normalized spacial score (nSPS) is 27.8. The number of hydrogen-bond donors (Lipinski definition) is 2. The first kappa shape index (κ1) is 19.2. The molecular weight excluding hydrogens is 287 g/mol. The molecule has 1 aliphatic rings. The van der Waals surface area contributed by atoms with Crippen molar-refractivity contribution in [2.24, 2.45) is 11.3 Å². The Hall–Kier alpha value is 0.110. The second-order valence-corrected chi connectivity index (χ2v) is 8.41. The molecule has 0 aromatic rings. The van der Waals surface area contributed by atoms with Crippen LogP contribution < -0.4 is 0 Å². The van der Waals surface area contributed by atoms with E-state index in [0.29, 0.717) is 6.42 Å². The molecule has 2 N–H and O–H groups in total. The van der Waals surface area contributed by atoms with E-state index in [-0.39, 0.29) is 11.3 Å². The molecule has 1 saturated carbocycles. The van der Waals surface area contributed by atoms with Crippen LogP contribution >= 0.6 is 7.82 Å². The predicted octanol–water partition coefficient (Wildman–Crippen LogP) is 5.04. The summed E-state index contributed by atoms with van der Waals surface area (Å²) in [6.45, 7) is 8.68. The van der Waals surface area contributed by atoms with E-state index in [1.165, 1.54) is 19.3 Å². The number of hydrogen-bond acceptors (Lipinski definition) is 2. The lowest BCUT2D eigenvalue weighted by Crippen LogP contribution is -2.48.